The highest BCUT2D eigenvalue weighted by molar-refractivity contribution is 5.75. The summed E-state index contributed by atoms with van der Waals surface area (Å²) in [7, 11) is 0. The van der Waals surface area contributed by atoms with Crippen molar-refractivity contribution in [1.29, 1.82) is 0 Å². The van der Waals surface area contributed by atoms with Gasteiger partial charge in [-0.3, -0.25) is 0 Å². The van der Waals surface area contributed by atoms with Gasteiger partial charge in [0.05, 0.1) is 0 Å². The molecule has 0 aliphatic heterocycles. The summed E-state index contributed by atoms with van der Waals surface area (Å²) < 4.78 is 0. The highest BCUT2D eigenvalue weighted by Crippen LogP contribution is 2.17. The fraction of sp³-hybridized carbons (Fsp3) is 0.889. The lowest BCUT2D eigenvalue weighted by molar-refractivity contribution is 0.215. The van der Waals surface area contributed by atoms with Crippen molar-refractivity contribution in [3.63, 3.8) is 0 Å². The number of nitrogens with one attached hydrogen (secondary N) is 2. The summed E-state index contributed by atoms with van der Waals surface area (Å²) in [6, 6.07) is 0.460. The average Bonchev–Trinajstić information content (AvgIpc) is 1.79. The molecule has 76 valence electrons. The Balaban J connectivity index is 2.19. The van der Waals surface area contributed by atoms with Gasteiger partial charge in [0.15, 0.2) is 0 Å². The van der Waals surface area contributed by atoms with Gasteiger partial charge in [-0.05, 0) is 33.6 Å². The molecule has 1 aliphatic carbocycles. The monoisotopic (exact) mass is 185 g/mol. The van der Waals surface area contributed by atoms with E-state index in [9.17, 15) is 4.79 Å². The first-order chi connectivity index (χ1) is 5.87. The molecule has 0 spiro atoms. The van der Waals surface area contributed by atoms with Gasteiger partial charge in [-0.25, -0.2) is 4.79 Å². The summed E-state index contributed by atoms with van der Waals surface area (Å²) in [5, 5.41) is 5.72. The lowest BCUT2D eigenvalue weighted by Gasteiger charge is -2.34. The zero-order valence-corrected chi connectivity index (χ0v) is 8.55. The Morgan fingerprint density at radius 3 is 2.31 bits per heavy atom. The van der Waals surface area contributed by atoms with Crippen LogP contribution in [0.5, 0.6) is 0 Å². The number of carbonyl (C=O) groups is 1. The van der Waals surface area contributed by atoms with Gasteiger partial charge in [0.2, 0.25) is 0 Å². The third-order valence-electron chi connectivity index (χ3n) is 2.00. The second-order valence-electron chi connectivity index (χ2n) is 4.78. The second kappa shape index (κ2) is 3.54. The van der Waals surface area contributed by atoms with E-state index in [0.717, 1.165) is 12.8 Å². The van der Waals surface area contributed by atoms with Crippen molar-refractivity contribution in [2.24, 2.45) is 5.73 Å². The molecular formula is C9H19N3O. The van der Waals surface area contributed by atoms with Gasteiger partial charge >= 0.3 is 6.03 Å². The summed E-state index contributed by atoms with van der Waals surface area (Å²) >= 11 is 0. The van der Waals surface area contributed by atoms with E-state index >= 15 is 0 Å². The van der Waals surface area contributed by atoms with Gasteiger partial charge in [0.25, 0.3) is 0 Å². The third-order valence-corrected chi connectivity index (χ3v) is 2.00. The number of nitrogens with two attached hydrogens (primary N) is 1. The van der Waals surface area contributed by atoms with Gasteiger partial charge in [-0.2, -0.15) is 0 Å². The van der Waals surface area contributed by atoms with E-state index in [1.165, 1.54) is 0 Å². The average molecular weight is 185 g/mol. The van der Waals surface area contributed by atoms with Gasteiger partial charge in [0, 0.05) is 17.6 Å². The van der Waals surface area contributed by atoms with Gasteiger partial charge in [-0.15, -0.1) is 0 Å². The minimum atomic E-state index is -0.171. The Kier molecular flexibility index (Phi) is 2.81. The van der Waals surface area contributed by atoms with E-state index in [-0.39, 0.29) is 23.7 Å². The van der Waals surface area contributed by atoms with Crippen molar-refractivity contribution in [3.8, 4) is 0 Å². The fourth-order valence-corrected chi connectivity index (χ4v) is 1.34. The van der Waals surface area contributed by atoms with Crippen molar-refractivity contribution < 1.29 is 4.79 Å². The Labute approximate surface area is 79.3 Å². The maximum atomic E-state index is 11.3. The van der Waals surface area contributed by atoms with Crippen LogP contribution in [0.2, 0.25) is 0 Å². The molecule has 1 aliphatic rings. The predicted octanol–water partition coefficient (Wildman–Crippen LogP) is 0.574. The molecule has 4 N–H and O–H groups in total. The lowest BCUT2D eigenvalue weighted by Crippen LogP contribution is -2.55. The molecule has 0 aromatic carbocycles. The van der Waals surface area contributed by atoms with E-state index in [0.29, 0.717) is 0 Å². The summed E-state index contributed by atoms with van der Waals surface area (Å²) in [5.74, 6) is 0. The molecule has 0 unspecified atom stereocenters. The Morgan fingerprint density at radius 1 is 1.38 bits per heavy atom. The Morgan fingerprint density at radius 2 is 1.92 bits per heavy atom. The second-order valence-corrected chi connectivity index (χ2v) is 4.78. The predicted molar refractivity (Wildman–Crippen MR) is 52.4 cm³/mol. The molecule has 0 aromatic heterocycles. The van der Waals surface area contributed by atoms with Crippen LogP contribution in [0.1, 0.15) is 33.6 Å². The molecule has 13 heavy (non-hydrogen) atoms. The molecule has 1 fully saturated rings. The first-order valence-corrected chi connectivity index (χ1v) is 4.71. The van der Waals surface area contributed by atoms with E-state index in [1.54, 1.807) is 0 Å². The number of amides is 2. The molecule has 0 aromatic rings. The quantitative estimate of drug-likeness (QED) is 0.559. The summed E-state index contributed by atoms with van der Waals surface area (Å²) in [6.07, 6.45) is 1.80. The molecule has 0 heterocycles. The molecule has 0 radical (unpaired) electrons. The van der Waals surface area contributed by atoms with Crippen LogP contribution in [-0.2, 0) is 0 Å². The minimum absolute atomic E-state index is 0.0931. The number of carbonyl (C=O) groups excluding carboxylic acids is 1. The van der Waals surface area contributed by atoms with Gasteiger partial charge < -0.3 is 16.4 Å². The minimum Gasteiger partial charge on any atom is -0.335 e. The number of urea groups is 1. The maximum absolute atomic E-state index is 11.3. The smallest absolute Gasteiger partial charge is 0.315 e. The highest BCUT2D eigenvalue weighted by atomic mass is 16.2. The van der Waals surface area contributed by atoms with E-state index < -0.39 is 0 Å². The number of hydrogen-bond donors (Lipinski definition) is 3. The van der Waals surface area contributed by atoms with Crippen LogP contribution in [0.4, 0.5) is 4.79 Å². The SMILES string of the molecule is CC(C)(C)NC(=O)NC1CC(N)C1. The first kappa shape index (κ1) is 10.3. The van der Waals surface area contributed by atoms with Crippen LogP contribution in [0.15, 0.2) is 0 Å². The Bertz CT molecular complexity index is 192. The molecule has 0 saturated heterocycles. The van der Waals surface area contributed by atoms with E-state index in [1.807, 2.05) is 20.8 Å². The van der Waals surface area contributed by atoms with Gasteiger partial charge in [0.1, 0.15) is 0 Å². The summed E-state index contributed by atoms with van der Waals surface area (Å²) in [6.45, 7) is 5.87. The van der Waals surface area contributed by atoms with Crippen molar-refractivity contribution >= 4 is 6.03 Å². The maximum Gasteiger partial charge on any atom is 0.315 e. The molecule has 0 atom stereocenters. The van der Waals surface area contributed by atoms with Crippen molar-refractivity contribution in [2.75, 3.05) is 0 Å². The van der Waals surface area contributed by atoms with Crippen LogP contribution < -0.4 is 16.4 Å². The summed E-state index contributed by atoms with van der Waals surface area (Å²) in [4.78, 5) is 11.3. The third kappa shape index (κ3) is 3.63. The van der Waals surface area contributed by atoms with E-state index in [2.05, 4.69) is 10.6 Å². The molecule has 1 rings (SSSR count). The molecule has 4 heteroatoms. The molecule has 4 nitrogen and oxygen atoms in total. The molecular weight excluding hydrogens is 166 g/mol. The van der Waals surface area contributed by atoms with Crippen LogP contribution in [-0.4, -0.2) is 23.7 Å². The first-order valence-electron chi connectivity index (χ1n) is 4.71. The van der Waals surface area contributed by atoms with Crippen LogP contribution in [0.3, 0.4) is 0 Å². The van der Waals surface area contributed by atoms with Crippen LogP contribution in [0, 0.1) is 0 Å². The van der Waals surface area contributed by atoms with E-state index in [4.69, 9.17) is 5.73 Å². The van der Waals surface area contributed by atoms with Crippen molar-refractivity contribution in [1.82, 2.24) is 10.6 Å². The standard InChI is InChI=1S/C9H19N3O/c1-9(2,3)12-8(13)11-7-4-6(10)5-7/h6-7H,4-5,10H2,1-3H3,(H2,11,12,13). The largest absolute Gasteiger partial charge is 0.335 e. The summed E-state index contributed by atoms with van der Waals surface area (Å²) in [5.41, 5.74) is 5.43. The fourth-order valence-electron chi connectivity index (χ4n) is 1.34. The van der Waals surface area contributed by atoms with Crippen molar-refractivity contribution in [2.45, 2.75) is 51.2 Å². The molecule has 1 saturated carbocycles. The molecule has 2 amide bonds. The topological polar surface area (TPSA) is 67.2 Å². The van der Waals surface area contributed by atoms with Crippen LogP contribution >= 0.6 is 0 Å². The Hall–Kier alpha value is -0.770. The zero-order valence-electron chi connectivity index (χ0n) is 8.55. The number of rotatable bonds is 1. The number of hydrogen-bond acceptors (Lipinski definition) is 2. The van der Waals surface area contributed by atoms with Crippen molar-refractivity contribution in [3.05, 3.63) is 0 Å². The normalized spacial score (nSPS) is 27.7. The molecule has 0 bridgehead atoms. The van der Waals surface area contributed by atoms with Gasteiger partial charge in [-0.1, -0.05) is 0 Å². The van der Waals surface area contributed by atoms with Crippen LogP contribution in [0.25, 0.3) is 0 Å². The lowest BCUT2D eigenvalue weighted by atomic mass is 9.88. The highest BCUT2D eigenvalue weighted by Gasteiger charge is 2.27. The zero-order chi connectivity index (χ0) is 10.1.